The van der Waals surface area contributed by atoms with E-state index in [1.165, 1.54) is 0 Å². The van der Waals surface area contributed by atoms with Gasteiger partial charge in [0.2, 0.25) is 5.91 Å². The maximum Gasteiger partial charge on any atom is 0.226 e. The Kier molecular flexibility index (Phi) is 5.62. The van der Waals surface area contributed by atoms with Gasteiger partial charge < -0.3 is 10.6 Å². The van der Waals surface area contributed by atoms with Gasteiger partial charge in [-0.1, -0.05) is 36.7 Å². The van der Waals surface area contributed by atoms with Gasteiger partial charge in [0.25, 0.3) is 0 Å². The average Bonchev–Trinajstić information content (AvgIpc) is 2.53. The van der Waals surface area contributed by atoms with Crippen LogP contribution in [0.5, 0.6) is 0 Å². The Balaban J connectivity index is 1.95. The lowest BCUT2D eigenvalue weighted by atomic mass is 10.1. The Bertz CT molecular complexity index is 486. The fourth-order valence-corrected chi connectivity index (χ4v) is 3.05. The lowest BCUT2D eigenvalue weighted by Crippen LogP contribution is -2.51. The molecule has 1 aliphatic rings. The van der Waals surface area contributed by atoms with E-state index in [1.807, 2.05) is 30.0 Å². The first-order chi connectivity index (χ1) is 10.0. The molecule has 0 radical (unpaired) electrons. The number of nitrogens with two attached hydrogens (primary N) is 1. The first-order valence-electron chi connectivity index (χ1n) is 7.52. The summed E-state index contributed by atoms with van der Waals surface area (Å²) >= 11 is 6.27. The normalized spacial score (nSPS) is 19.3. The lowest BCUT2D eigenvalue weighted by molar-refractivity contribution is -0.136. The number of benzene rings is 1. The van der Waals surface area contributed by atoms with Crippen LogP contribution in [0.3, 0.4) is 0 Å². The summed E-state index contributed by atoms with van der Waals surface area (Å²) in [5, 5.41) is 0.806. The molecule has 2 N–H and O–H groups in total. The fourth-order valence-electron chi connectivity index (χ4n) is 2.75. The molecule has 0 aliphatic carbocycles. The maximum absolute atomic E-state index is 12.1. The third-order valence-electron chi connectivity index (χ3n) is 4.30. The van der Waals surface area contributed by atoms with Crippen LogP contribution in [0.25, 0.3) is 0 Å². The first kappa shape index (κ1) is 16.3. The minimum atomic E-state index is -0.0856. The molecule has 0 saturated carbocycles. The molecule has 1 aliphatic heterocycles. The summed E-state index contributed by atoms with van der Waals surface area (Å²) in [5.41, 5.74) is 6.72. The van der Waals surface area contributed by atoms with Crippen molar-refractivity contribution < 1.29 is 4.79 Å². The lowest BCUT2D eigenvalue weighted by Gasteiger charge is -2.39. The van der Waals surface area contributed by atoms with Crippen molar-refractivity contribution in [3.05, 3.63) is 34.9 Å². The largest absolute Gasteiger partial charge is 0.340 e. The molecule has 1 fully saturated rings. The Morgan fingerprint density at radius 3 is 2.43 bits per heavy atom. The molecule has 2 rings (SSSR count). The van der Waals surface area contributed by atoms with Crippen LogP contribution in [0.2, 0.25) is 5.02 Å². The van der Waals surface area contributed by atoms with Gasteiger partial charge in [-0.3, -0.25) is 9.69 Å². The number of amides is 1. The van der Waals surface area contributed by atoms with Crippen molar-refractivity contribution in [1.29, 1.82) is 0 Å². The number of rotatable bonds is 4. The van der Waals surface area contributed by atoms with Crippen molar-refractivity contribution >= 4 is 17.5 Å². The highest BCUT2D eigenvalue weighted by atomic mass is 35.5. The number of nitrogens with zero attached hydrogens (tertiary/aromatic N) is 2. The topological polar surface area (TPSA) is 49.6 Å². The minimum Gasteiger partial charge on any atom is -0.340 e. The summed E-state index contributed by atoms with van der Waals surface area (Å²) in [6.07, 6.45) is 0. The standard InChI is InChI=1S/C16H24ClN3O/c1-12(11-18)16(21)20-9-7-19(8-10-20)13(2)14-5-3-4-6-15(14)17/h3-6,12-13H,7-11,18H2,1-2H3. The van der Waals surface area contributed by atoms with E-state index in [0.29, 0.717) is 6.54 Å². The second kappa shape index (κ2) is 7.25. The van der Waals surface area contributed by atoms with E-state index in [-0.39, 0.29) is 17.9 Å². The molecule has 21 heavy (non-hydrogen) atoms. The summed E-state index contributed by atoms with van der Waals surface area (Å²) in [6, 6.07) is 8.23. The first-order valence-corrected chi connectivity index (χ1v) is 7.89. The van der Waals surface area contributed by atoms with E-state index in [2.05, 4.69) is 17.9 Å². The molecule has 2 unspecified atom stereocenters. The highest BCUT2D eigenvalue weighted by Gasteiger charge is 2.27. The van der Waals surface area contributed by atoms with Gasteiger partial charge in [0.15, 0.2) is 0 Å². The zero-order chi connectivity index (χ0) is 15.4. The van der Waals surface area contributed by atoms with Crippen LogP contribution in [-0.2, 0) is 4.79 Å². The Morgan fingerprint density at radius 2 is 1.86 bits per heavy atom. The molecule has 1 aromatic rings. The number of halogens is 1. The van der Waals surface area contributed by atoms with E-state index < -0.39 is 0 Å². The predicted molar refractivity (Wildman–Crippen MR) is 86.2 cm³/mol. The maximum atomic E-state index is 12.1. The summed E-state index contributed by atoms with van der Waals surface area (Å²) in [5.74, 6) is 0.0834. The smallest absolute Gasteiger partial charge is 0.226 e. The monoisotopic (exact) mass is 309 g/mol. The molecular weight excluding hydrogens is 286 g/mol. The molecule has 2 atom stereocenters. The molecule has 5 heteroatoms. The molecule has 1 amide bonds. The van der Waals surface area contributed by atoms with Crippen molar-refractivity contribution in [3.63, 3.8) is 0 Å². The Hall–Kier alpha value is -1.10. The molecule has 116 valence electrons. The fraction of sp³-hybridized carbons (Fsp3) is 0.562. The second-order valence-electron chi connectivity index (χ2n) is 5.70. The van der Waals surface area contributed by atoms with Crippen LogP contribution in [0, 0.1) is 5.92 Å². The molecule has 0 bridgehead atoms. The van der Waals surface area contributed by atoms with Gasteiger partial charge in [-0.05, 0) is 18.6 Å². The van der Waals surface area contributed by atoms with E-state index in [9.17, 15) is 4.79 Å². The van der Waals surface area contributed by atoms with Crippen molar-refractivity contribution in [2.45, 2.75) is 19.9 Å². The van der Waals surface area contributed by atoms with Gasteiger partial charge in [-0.2, -0.15) is 0 Å². The van der Waals surface area contributed by atoms with Crippen LogP contribution in [0.4, 0.5) is 0 Å². The molecule has 0 aromatic heterocycles. The number of piperazine rings is 1. The van der Waals surface area contributed by atoms with Gasteiger partial charge in [0.05, 0.1) is 0 Å². The Morgan fingerprint density at radius 1 is 1.24 bits per heavy atom. The third kappa shape index (κ3) is 3.76. The molecule has 1 heterocycles. The van der Waals surface area contributed by atoms with Gasteiger partial charge in [-0.15, -0.1) is 0 Å². The minimum absolute atomic E-state index is 0.0856. The van der Waals surface area contributed by atoms with E-state index >= 15 is 0 Å². The summed E-state index contributed by atoms with van der Waals surface area (Å²) in [4.78, 5) is 16.4. The third-order valence-corrected chi connectivity index (χ3v) is 4.65. The molecule has 0 spiro atoms. The molecule has 1 saturated heterocycles. The highest BCUT2D eigenvalue weighted by molar-refractivity contribution is 6.31. The summed E-state index contributed by atoms with van der Waals surface area (Å²) in [6.45, 7) is 7.73. The van der Waals surface area contributed by atoms with E-state index in [1.54, 1.807) is 0 Å². The van der Waals surface area contributed by atoms with Crippen LogP contribution in [-0.4, -0.2) is 48.4 Å². The SMILES string of the molecule is CC(CN)C(=O)N1CCN(C(C)c2ccccc2Cl)CC1. The predicted octanol–water partition coefficient (Wildman–Crippen LogP) is 2.14. The number of carbonyl (C=O) groups is 1. The number of carbonyl (C=O) groups excluding carboxylic acids is 1. The highest BCUT2D eigenvalue weighted by Crippen LogP contribution is 2.27. The molecular formula is C16H24ClN3O. The van der Waals surface area contributed by atoms with Crippen molar-refractivity contribution in [1.82, 2.24) is 9.80 Å². The van der Waals surface area contributed by atoms with E-state index in [0.717, 1.165) is 36.8 Å². The van der Waals surface area contributed by atoms with Crippen molar-refractivity contribution in [2.75, 3.05) is 32.7 Å². The molecule has 4 nitrogen and oxygen atoms in total. The zero-order valence-corrected chi connectivity index (χ0v) is 13.5. The van der Waals surface area contributed by atoms with Gasteiger partial charge in [0, 0.05) is 49.7 Å². The van der Waals surface area contributed by atoms with Crippen LogP contribution >= 0.6 is 11.6 Å². The van der Waals surface area contributed by atoms with Crippen molar-refractivity contribution in [3.8, 4) is 0 Å². The summed E-state index contributed by atoms with van der Waals surface area (Å²) < 4.78 is 0. The van der Waals surface area contributed by atoms with Crippen LogP contribution in [0.15, 0.2) is 24.3 Å². The van der Waals surface area contributed by atoms with Crippen LogP contribution in [0.1, 0.15) is 25.5 Å². The van der Waals surface area contributed by atoms with Gasteiger partial charge in [0.1, 0.15) is 0 Å². The Labute approximate surface area is 131 Å². The quantitative estimate of drug-likeness (QED) is 0.927. The number of hydrogen-bond donors (Lipinski definition) is 1. The number of hydrogen-bond acceptors (Lipinski definition) is 3. The zero-order valence-electron chi connectivity index (χ0n) is 12.8. The second-order valence-corrected chi connectivity index (χ2v) is 6.10. The van der Waals surface area contributed by atoms with Crippen molar-refractivity contribution in [2.24, 2.45) is 11.7 Å². The van der Waals surface area contributed by atoms with Gasteiger partial charge >= 0.3 is 0 Å². The van der Waals surface area contributed by atoms with E-state index in [4.69, 9.17) is 17.3 Å². The summed E-state index contributed by atoms with van der Waals surface area (Å²) in [7, 11) is 0. The van der Waals surface area contributed by atoms with Crippen LogP contribution < -0.4 is 5.73 Å². The average molecular weight is 310 g/mol. The van der Waals surface area contributed by atoms with Gasteiger partial charge in [-0.25, -0.2) is 0 Å². The molecule has 1 aromatic carbocycles.